The molecule has 0 spiro atoms. The summed E-state index contributed by atoms with van der Waals surface area (Å²) < 4.78 is 1.84. The molecule has 84 valence electrons. The summed E-state index contributed by atoms with van der Waals surface area (Å²) in [6.07, 6.45) is 1.25. The molecule has 0 saturated carbocycles. The van der Waals surface area contributed by atoms with Crippen LogP contribution in [0.1, 0.15) is 26.9 Å². The van der Waals surface area contributed by atoms with Crippen molar-refractivity contribution < 1.29 is 0 Å². The number of fused-ring (bicyclic) bond motifs is 1. The Labute approximate surface area is 94.3 Å². The first-order valence-electron chi connectivity index (χ1n) is 5.28. The highest BCUT2D eigenvalue weighted by molar-refractivity contribution is 5.75. The van der Waals surface area contributed by atoms with Crippen molar-refractivity contribution in [1.82, 2.24) is 9.55 Å². The zero-order valence-electron chi connectivity index (χ0n) is 9.71. The van der Waals surface area contributed by atoms with Gasteiger partial charge < -0.3 is 4.57 Å². The molecule has 1 aromatic carbocycles. The monoisotopic (exact) mass is 217 g/mol. The lowest BCUT2D eigenvalue weighted by Gasteiger charge is -2.25. The van der Waals surface area contributed by atoms with Crippen molar-refractivity contribution >= 4 is 11.0 Å². The van der Waals surface area contributed by atoms with Crippen molar-refractivity contribution in [2.75, 3.05) is 0 Å². The van der Waals surface area contributed by atoms with E-state index < -0.39 is 6.17 Å². The summed E-state index contributed by atoms with van der Waals surface area (Å²) in [6.45, 7) is 5.98. The van der Waals surface area contributed by atoms with E-state index in [1.54, 1.807) is 6.33 Å². The van der Waals surface area contributed by atoms with E-state index in [0.717, 1.165) is 11.0 Å². The highest BCUT2D eigenvalue weighted by atomic mass is 16.3. The van der Waals surface area contributed by atoms with Gasteiger partial charge in [0.15, 0.2) is 6.17 Å². The first kappa shape index (κ1) is 10.8. The van der Waals surface area contributed by atoms with Crippen LogP contribution in [0.5, 0.6) is 0 Å². The van der Waals surface area contributed by atoms with Crippen molar-refractivity contribution in [2.24, 2.45) is 10.6 Å². The van der Waals surface area contributed by atoms with Crippen molar-refractivity contribution in [3.63, 3.8) is 0 Å². The summed E-state index contributed by atoms with van der Waals surface area (Å²) in [7, 11) is 0. The topological polar surface area (TPSA) is 47.2 Å². The molecule has 1 unspecified atom stereocenters. The van der Waals surface area contributed by atoms with E-state index in [1.807, 2.05) is 49.6 Å². The number of nitroso groups, excluding NO2 is 1. The van der Waals surface area contributed by atoms with Crippen LogP contribution in [0, 0.1) is 10.3 Å². The summed E-state index contributed by atoms with van der Waals surface area (Å²) in [5, 5.41) is 3.22. The van der Waals surface area contributed by atoms with E-state index >= 15 is 0 Å². The van der Waals surface area contributed by atoms with Crippen molar-refractivity contribution in [1.29, 1.82) is 0 Å². The molecule has 2 rings (SSSR count). The summed E-state index contributed by atoms with van der Waals surface area (Å²) in [4.78, 5) is 15.3. The SMILES string of the molecule is CC(C)(C)C(N=O)n1cnc2ccccc21. The molecular formula is C12H15N3O. The fraction of sp³-hybridized carbons (Fsp3) is 0.417. The third-order valence-corrected chi connectivity index (χ3v) is 2.62. The predicted molar refractivity (Wildman–Crippen MR) is 64.0 cm³/mol. The molecule has 1 heterocycles. The molecule has 0 amide bonds. The van der Waals surface area contributed by atoms with Crippen LogP contribution in [0.25, 0.3) is 11.0 Å². The fourth-order valence-electron chi connectivity index (χ4n) is 1.80. The number of rotatable bonds is 2. The molecule has 0 fully saturated rings. The zero-order chi connectivity index (χ0) is 11.8. The van der Waals surface area contributed by atoms with Gasteiger partial charge in [-0.3, -0.25) is 0 Å². The van der Waals surface area contributed by atoms with Crippen LogP contribution >= 0.6 is 0 Å². The van der Waals surface area contributed by atoms with Crippen LogP contribution in [-0.4, -0.2) is 9.55 Å². The number of para-hydroxylation sites is 2. The third-order valence-electron chi connectivity index (χ3n) is 2.62. The number of benzene rings is 1. The maximum atomic E-state index is 11.0. The Kier molecular flexibility index (Phi) is 2.50. The molecule has 4 nitrogen and oxygen atoms in total. The van der Waals surface area contributed by atoms with Crippen LogP contribution in [-0.2, 0) is 0 Å². The van der Waals surface area contributed by atoms with Gasteiger partial charge in [0.2, 0.25) is 0 Å². The number of hydrogen-bond donors (Lipinski definition) is 0. The average Bonchev–Trinajstić information content (AvgIpc) is 2.61. The summed E-state index contributed by atoms with van der Waals surface area (Å²) in [5.41, 5.74) is 1.62. The van der Waals surface area contributed by atoms with Gasteiger partial charge in [-0.05, 0) is 17.3 Å². The Balaban J connectivity index is 2.58. The first-order valence-corrected chi connectivity index (χ1v) is 5.28. The highest BCUT2D eigenvalue weighted by Gasteiger charge is 2.28. The third kappa shape index (κ3) is 1.71. The zero-order valence-corrected chi connectivity index (χ0v) is 9.71. The minimum absolute atomic E-state index is 0.217. The lowest BCUT2D eigenvalue weighted by atomic mass is 9.92. The smallest absolute Gasteiger partial charge is 0.173 e. The molecule has 0 bridgehead atoms. The fourth-order valence-corrected chi connectivity index (χ4v) is 1.80. The molecule has 0 radical (unpaired) electrons. The maximum Gasteiger partial charge on any atom is 0.173 e. The van der Waals surface area contributed by atoms with E-state index in [1.165, 1.54) is 0 Å². The first-order chi connectivity index (χ1) is 7.54. The molecule has 0 N–H and O–H groups in total. The highest BCUT2D eigenvalue weighted by Crippen LogP contribution is 2.33. The number of hydrogen-bond acceptors (Lipinski definition) is 3. The second-order valence-corrected chi connectivity index (χ2v) is 4.99. The van der Waals surface area contributed by atoms with Gasteiger partial charge in [0.1, 0.15) is 0 Å². The van der Waals surface area contributed by atoms with Crippen LogP contribution in [0.3, 0.4) is 0 Å². The summed E-state index contributed by atoms with van der Waals surface area (Å²) in [6, 6.07) is 7.74. The van der Waals surface area contributed by atoms with Gasteiger partial charge >= 0.3 is 0 Å². The normalized spacial score (nSPS) is 13.9. The number of aromatic nitrogens is 2. The van der Waals surface area contributed by atoms with Gasteiger partial charge in [0.25, 0.3) is 0 Å². The Morgan fingerprint density at radius 2 is 2.00 bits per heavy atom. The molecular weight excluding hydrogens is 202 g/mol. The average molecular weight is 217 g/mol. The molecule has 0 aliphatic rings. The van der Waals surface area contributed by atoms with Gasteiger partial charge in [-0.1, -0.05) is 32.9 Å². The van der Waals surface area contributed by atoms with E-state index in [4.69, 9.17) is 0 Å². The summed E-state index contributed by atoms with van der Waals surface area (Å²) >= 11 is 0. The van der Waals surface area contributed by atoms with Crippen molar-refractivity contribution in [3.05, 3.63) is 35.5 Å². The van der Waals surface area contributed by atoms with Crippen molar-refractivity contribution in [3.8, 4) is 0 Å². The molecule has 0 saturated heterocycles. The molecule has 2 aromatic rings. The van der Waals surface area contributed by atoms with Gasteiger partial charge in [-0.15, -0.1) is 4.91 Å². The Hall–Kier alpha value is -1.71. The van der Waals surface area contributed by atoms with Gasteiger partial charge in [-0.2, -0.15) is 0 Å². The van der Waals surface area contributed by atoms with E-state index in [-0.39, 0.29) is 5.41 Å². The molecule has 1 aromatic heterocycles. The lowest BCUT2D eigenvalue weighted by Crippen LogP contribution is -2.21. The molecule has 1 atom stereocenters. The van der Waals surface area contributed by atoms with Crippen molar-refractivity contribution in [2.45, 2.75) is 26.9 Å². The number of nitrogens with zero attached hydrogens (tertiary/aromatic N) is 3. The second kappa shape index (κ2) is 3.70. The lowest BCUT2D eigenvalue weighted by molar-refractivity contribution is 0.254. The number of imidazole rings is 1. The Morgan fingerprint density at radius 3 is 2.62 bits per heavy atom. The molecule has 0 aliphatic carbocycles. The van der Waals surface area contributed by atoms with Crippen LogP contribution < -0.4 is 0 Å². The molecule has 0 aliphatic heterocycles. The minimum atomic E-state index is -0.431. The van der Waals surface area contributed by atoms with Crippen LogP contribution in [0.15, 0.2) is 35.8 Å². The largest absolute Gasteiger partial charge is 0.304 e. The Bertz CT molecular complexity index is 510. The summed E-state index contributed by atoms with van der Waals surface area (Å²) in [5.74, 6) is 0. The van der Waals surface area contributed by atoms with Crippen LogP contribution in [0.2, 0.25) is 0 Å². The van der Waals surface area contributed by atoms with Gasteiger partial charge in [0.05, 0.1) is 17.4 Å². The minimum Gasteiger partial charge on any atom is -0.304 e. The van der Waals surface area contributed by atoms with Crippen LogP contribution in [0.4, 0.5) is 0 Å². The van der Waals surface area contributed by atoms with E-state index in [2.05, 4.69) is 10.2 Å². The Morgan fingerprint density at radius 1 is 1.31 bits per heavy atom. The molecule has 16 heavy (non-hydrogen) atoms. The van der Waals surface area contributed by atoms with Gasteiger partial charge in [-0.25, -0.2) is 4.98 Å². The van der Waals surface area contributed by atoms with E-state index in [0.29, 0.717) is 0 Å². The van der Waals surface area contributed by atoms with Gasteiger partial charge in [0, 0.05) is 5.41 Å². The quantitative estimate of drug-likeness (QED) is 0.724. The second-order valence-electron chi connectivity index (χ2n) is 4.99. The predicted octanol–water partition coefficient (Wildman–Crippen LogP) is 3.35. The van der Waals surface area contributed by atoms with E-state index in [9.17, 15) is 4.91 Å². The molecule has 4 heteroatoms. The standard InChI is InChI=1S/C12H15N3O/c1-12(2,3)11(14-16)15-8-13-9-6-4-5-7-10(9)15/h4-8,11H,1-3H3. The maximum absolute atomic E-state index is 11.0.